The van der Waals surface area contributed by atoms with Crippen LogP contribution in [0.1, 0.15) is 26.3 Å². The van der Waals surface area contributed by atoms with Crippen molar-refractivity contribution in [1.82, 2.24) is 10.2 Å². The zero-order chi connectivity index (χ0) is 18.6. The molecule has 1 atom stereocenters. The van der Waals surface area contributed by atoms with Crippen molar-refractivity contribution >= 4 is 17.3 Å². The number of hydrogen-bond donors (Lipinski definition) is 1. The lowest BCUT2D eigenvalue weighted by Gasteiger charge is -2.38. The number of rotatable bonds is 5. The van der Waals surface area contributed by atoms with Gasteiger partial charge in [-0.25, -0.2) is 0 Å². The molecule has 25 heavy (non-hydrogen) atoms. The zero-order valence-electron chi connectivity index (χ0n) is 14.7. The second-order valence-corrected chi connectivity index (χ2v) is 6.43. The third-order valence-electron chi connectivity index (χ3n) is 4.33. The molecule has 1 fully saturated rings. The molecular formula is C17H23N5O3. The average molecular weight is 345 g/mol. The van der Waals surface area contributed by atoms with Gasteiger partial charge in [-0.1, -0.05) is 0 Å². The Hall–Kier alpha value is -2.66. The first kappa shape index (κ1) is 18.7. The number of nitrogens with zero attached hydrogens (tertiary/aromatic N) is 4. The molecule has 8 heteroatoms. The van der Waals surface area contributed by atoms with E-state index in [-0.39, 0.29) is 29.2 Å². The largest absolute Gasteiger partial charge is 0.369 e. The predicted octanol–water partition coefficient (Wildman–Crippen LogP) is 1.50. The number of nitriles is 1. The van der Waals surface area contributed by atoms with Crippen molar-refractivity contribution in [3.8, 4) is 6.07 Å². The summed E-state index contributed by atoms with van der Waals surface area (Å²) >= 11 is 0. The molecule has 1 heterocycles. The highest BCUT2D eigenvalue weighted by atomic mass is 16.6. The van der Waals surface area contributed by atoms with Crippen LogP contribution in [0.5, 0.6) is 0 Å². The summed E-state index contributed by atoms with van der Waals surface area (Å²) in [5, 5.41) is 23.0. The topological polar surface area (TPSA) is 103 Å². The van der Waals surface area contributed by atoms with E-state index in [0.717, 1.165) is 5.69 Å². The zero-order valence-corrected chi connectivity index (χ0v) is 14.7. The minimum absolute atomic E-state index is 0.0190. The highest BCUT2D eigenvalue weighted by Crippen LogP contribution is 2.25. The maximum absolute atomic E-state index is 12.1. The highest BCUT2D eigenvalue weighted by Gasteiger charge is 2.26. The van der Waals surface area contributed by atoms with Crippen LogP contribution in [0, 0.1) is 21.4 Å². The predicted molar refractivity (Wildman–Crippen MR) is 94.3 cm³/mol. The van der Waals surface area contributed by atoms with Crippen molar-refractivity contribution in [3.63, 3.8) is 0 Å². The Morgan fingerprint density at radius 2 is 1.92 bits per heavy atom. The first-order valence-electron chi connectivity index (χ1n) is 8.31. The monoisotopic (exact) mass is 345 g/mol. The number of anilines is 1. The molecule has 1 aliphatic rings. The van der Waals surface area contributed by atoms with Crippen LogP contribution in [0.15, 0.2) is 18.2 Å². The van der Waals surface area contributed by atoms with Crippen LogP contribution in [-0.4, -0.2) is 54.0 Å². The summed E-state index contributed by atoms with van der Waals surface area (Å²) in [6, 6.07) is 6.40. The number of hydrogen-bond acceptors (Lipinski definition) is 6. The molecule has 2 rings (SSSR count). The number of benzene rings is 1. The first-order chi connectivity index (χ1) is 11.8. The molecule has 1 aliphatic heterocycles. The lowest BCUT2D eigenvalue weighted by atomic mass is 10.1. The van der Waals surface area contributed by atoms with Crippen LogP contribution < -0.4 is 10.2 Å². The van der Waals surface area contributed by atoms with Crippen molar-refractivity contribution < 1.29 is 9.72 Å². The van der Waals surface area contributed by atoms with Gasteiger partial charge in [0.1, 0.15) is 11.6 Å². The van der Waals surface area contributed by atoms with E-state index in [4.69, 9.17) is 5.26 Å². The fraction of sp³-hybridized carbons (Fsp3) is 0.529. The maximum atomic E-state index is 12.1. The second-order valence-electron chi connectivity index (χ2n) is 6.43. The van der Waals surface area contributed by atoms with Gasteiger partial charge in [0.2, 0.25) is 5.91 Å². The fourth-order valence-corrected chi connectivity index (χ4v) is 2.91. The van der Waals surface area contributed by atoms with Crippen molar-refractivity contribution in [3.05, 3.63) is 33.9 Å². The Balaban J connectivity index is 2.02. The lowest BCUT2D eigenvalue weighted by Crippen LogP contribution is -2.54. The minimum Gasteiger partial charge on any atom is -0.369 e. The number of carbonyl (C=O) groups is 1. The molecule has 1 unspecified atom stereocenters. The van der Waals surface area contributed by atoms with Crippen LogP contribution in [-0.2, 0) is 4.79 Å². The molecule has 0 spiro atoms. The number of nitro groups is 1. The molecule has 0 saturated carbocycles. The molecule has 8 nitrogen and oxygen atoms in total. The van der Waals surface area contributed by atoms with E-state index >= 15 is 0 Å². The standard InChI is InChI=1S/C17H23N5O3/c1-12(2)19-17(23)13(3)20-6-8-21(9-7-20)15-4-5-16(22(24)25)14(10-15)11-18/h4-5,10,12-13H,6-9H2,1-3H3,(H,19,23). The average Bonchev–Trinajstić information content (AvgIpc) is 2.59. The number of nitrogens with one attached hydrogen (secondary N) is 1. The minimum atomic E-state index is -0.546. The van der Waals surface area contributed by atoms with Crippen LogP contribution in [0.2, 0.25) is 0 Å². The summed E-state index contributed by atoms with van der Waals surface area (Å²) in [7, 11) is 0. The summed E-state index contributed by atoms with van der Waals surface area (Å²) in [6.07, 6.45) is 0. The van der Waals surface area contributed by atoms with Crippen LogP contribution >= 0.6 is 0 Å². The summed E-state index contributed by atoms with van der Waals surface area (Å²) in [5.74, 6) is 0.0190. The highest BCUT2D eigenvalue weighted by molar-refractivity contribution is 5.81. The lowest BCUT2D eigenvalue weighted by molar-refractivity contribution is -0.385. The molecular weight excluding hydrogens is 322 g/mol. The molecule has 134 valence electrons. The molecule has 0 radical (unpaired) electrons. The van der Waals surface area contributed by atoms with E-state index in [9.17, 15) is 14.9 Å². The Morgan fingerprint density at radius 3 is 2.44 bits per heavy atom. The number of carbonyl (C=O) groups excluding carboxylic acids is 1. The molecule has 1 saturated heterocycles. The molecule has 0 aliphatic carbocycles. The summed E-state index contributed by atoms with van der Waals surface area (Å²) in [6.45, 7) is 8.59. The van der Waals surface area contributed by atoms with Gasteiger partial charge in [-0.2, -0.15) is 5.26 Å². The summed E-state index contributed by atoms with van der Waals surface area (Å²) in [4.78, 5) is 26.7. The smallest absolute Gasteiger partial charge is 0.287 e. The van der Waals surface area contributed by atoms with Crippen LogP contribution in [0.4, 0.5) is 11.4 Å². The van der Waals surface area contributed by atoms with Crippen molar-refractivity contribution in [2.45, 2.75) is 32.9 Å². The van der Waals surface area contributed by atoms with Gasteiger partial charge in [0.25, 0.3) is 5.69 Å². The third kappa shape index (κ3) is 4.45. The van der Waals surface area contributed by atoms with Gasteiger partial charge >= 0.3 is 0 Å². The second kappa shape index (κ2) is 7.94. The van der Waals surface area contributed by atoms with Gasteiger partial charge in [0.05, 0.1) is 11.0 Å². The van der Waals surface area contributed by atoms with E-state index < -0.39 is 4.92 Å². The SMILES string of the molecule is CC(C)NC(=O)C(C)N1CCN(c2ccc([N+](=O)[O-])c(C#N)c2)CC1. The molecule has 1 aromatic carbocycles. The molecule has 1 amide bonds. The van der Waals surface area contributed by atoms with E-state index in [1.807, 2.05) is 26.8 Å². The van der Waals surface area contributed by atoms with Crippen LogP contribution in [0.3, 0.4) is 0 Å². The quantitative estimate of drug-likeness (QED) is 0.641. The van der Waals surface area contributed by atoms with E-state index in [1.165, 1.54) is 6.07 Å². The Morgan fingerprint density at radius 1 is 1.28 bits per heavy atom. The summed E-state index contributed by atoms with van der Waals surface area (Å²) in [5.41, 5.74) is 0.680. The fourth-order valence-electron chi connectivity index (χ4n) is 2.91. The van der Waals surface area contributed by atoms with Gasteiger partial charge in [0, 0.05) is 44.0 Å². The number of piperazine rings is 1. The molecule has 0 bridgehead atoms. The Kier molecular flexibility index (Phi) is 5.93. The maximum Gasteiger partial charge on any atom is 0.287 e. The number of amides is 1. The van der Waals surface area contributed by atoms with Crippen molar-refractivity contribution in [2.24, 2.45) is 0 Å². The van der Waals surface area contributed by atoms with Gasteiger partial charge < -0.3 is 10.2 Å². The van der Waals surface area contributed by atoms with Gasteiger partial charge in [-0.3, -0.25) is 19.8 Å². The van der Waals surface area contributed by atoms with Crippen molar-refractivity contribution in [2.75, 3.05) is 31.1 Å². The molecule has 1 aromatic rings. The van der Waals surface area contributed by atoms with E-state index in [0.29, 0.717) is 26.2 Å². The van der Waals surface area contributed by atoms with Crippen molar-refractivity contribution in [1.29, 1.82) is 5.26 Å². The van der Waals surface area contributed by atoms with Gasteiger partial charge in [0.15, 0.2) is 0 Å². The Labute approximate surface area is 147 Å². The normalized spacial score (nSPS) is 16.4. The third-order valence-corrected chi connectivity index (χ3v) is 4.33. The van der Waals surface area contributed by atoms with E-state index in [1.54, 1.807) is 12.1 Å². The molecule has 0 aromatic heterocycles. The van der Waals surface area contributed by atoms with Crippen LogP contribution in [0.25, 0.3) is 0 Å². The van der Waals surface area contributed by atoms with Gasteiger partial charge in [-0.05, 0) is 32.9 Å². The molecule has 1 N–H and O–H groups in total. The van der Waals surface area contributed by atoms with Gasteiger partial charge in [-0.15, -0.1) is 0 Å². The number of nitro benzene ring substituents is 1. The Bertz CT molecular complexity index is 690. The first-order valence-corrected chi connectivity index (χ1v) is 8.31. The van der Waals surface area contributed by atoms with E-state index in [2.05, 4.69) is 15.1 Å². The summed E-state index contributed by atoms with van der Waals surface area (Å²) < 4.78 is 0.